The molecule has 5 aromatic rings. The molecule has 6 rings (SSSR count). The van der Waals surface area contributed by atoms with Crippen LogP contribution in [-0.4, -0.2) is 29.2 Å². The molecule has 0 aromatic heterocycles. The van der Waals surface area contributed by atoms with Crippen molar-refractivity contribution in [3.8, 4) is 17.2 Å². The molecule has 5 aromatic carbocycles. The molecule has 1 amide bonds. The number of hydrogen-bond acceptors (Lipinski definition) is 5. The number of carbonyl (C=O) groups is 2. The molecule has 1 aliphatic rings. The number of rotatable bonds is 11. The zero-order valence-corrected chi connectivity index (χ0v) is 24.9. The maximum atomic E-state index is 12.5. The summed E-state index contributed by atoms with van der Waals surface area (Å²) in [5.41, 5.74) is 2.32. The van der Waals surface area contributed by atoms with Crippen molar-refractivity contribution in [1.82, 2.24) is 0 Å². The van der Waals surface area contributed by atoms with Crippen molar-refractivity contribution in [2.24, 2.45) is 0 Å². The van der Waals surface area contributed by atoms with Gasteiger partial charge in [0.2, 0.25) is 5.91 Å². The van der Waals surface area contributed by atoms with Crippen LogP contribution in [0.4, 0.5) is 5.69 Å². The highest BCUT2D eigenvalue weighted by Crippen LogP contribution is 2.31. The monoisotopic (exact) mass is 601 g/mol. The normalized spacial score (nSPS) is 16.2. The quantitative estimate of drug-likeness (QED) is 0.158. The van der Waals surface area contributed by atoms with Crippen molar-refractivity contribution in [2.75, 3.05) is 5.32 Å². The molecule has 0 bridgehead atoms. The number of carboxylic acids is 1. The molecule has 1 fully saturated rings. The van der Waals surface area contributed by atoms with Gasteiger partial charge >= 0.3 is 5.97 Å². The molecule has 0 heterocycles. The summed E-state index contributed by atoms with van der Waals surface area (Å²) in [4.78, 5) is 23.9. The first-order chi connectivity index (χ1) is 22.0. The van der Waals surface area contributed by atoms with Crippen molar-refractivity contribution in [3.63, 3.8) is 0 Å². The number of ether oxygens (including phenoxy) is 3. The van der Waals surface area contributed by atoms with Gasteiger partial charge in [0.15, 0.2) is 0 Å². The van der Waals surface area contributed by atoms with Gasteiger partial charge in [-0.1, -0.05) is 66.7 Å². The van der Waals surface area contributed by atoms with Gasteiger partial charge in [-0.15, -0.1) is 0 Å². The number of benzene rings is 5. The first kappa shape index (κ1) is 29.9. The molecule has 228 valence electrons. The summed E-state index contributed by atoms with van der Waals surface area (Å²) < 4.78 is 18.6. The average Bonchev–Trinajstić information content (AvgIpc) is 3.06. The van der Waals surface area contributed by atoms with Crippen molar-refractivity contribution >= 4 is 28.3 Å². The fraction of sp³-hybridized carbons (Fsp3) is 0.211. The van der Waals surface area contributed by atoms with Gasteiger partial charge in [-0.2, -0.15) is 0 Å². The largest absolute Gasteiger partial charge is 0.490 e. The van der Waals surface area contributed by atoms with Gasteiger partial charge in [0.25, 0.3) is 0 Å². The van der Waals surface area contributed by atoms with E-state index in [1.54, 1.807) is 18.2 Å². The number of nitrogens with one attached hydrogen (secondary N) is 1. The first-order valence-corrected chi connectivity index (χ1v) is 15.2. The molecule has 0 radical (unpaired) electrons. The van der Waals surface area contributed by atoms with Crippen LogP contribution in [0.25, 0.3) is 10.8 Å². The molecule has 0 atom stereocenters. The fourth-order valence-electron chi connectivity index (χ4n) is 5.61. The SMILES string of the molecule is O=C(Cc1ccc(Oc2ccc3cc(OC4CCC(OCc5ccccc5)CC4)ccc3c2)cc1)Nc1ccccc1C(=O)O. The highest BCUT2D eigenvalue weighted by atomic mass is 16.5. The second kappa shape index (κ2) is 14.1. The van der Waals surface area contributed by atoms with Crippen LogP contribution in [0.3, 0.4) is 0 Å². The van der Waals surface area contributed by atoms with E-state index in [1.165, 1.54) is 11.6 Å². The number of amides is 1. The molecule has 0 unspecified atom stereocenters. The summed E-state index contributed by atoms with van der Waals surface area (Å²) in [5.74, 6) is 0.846. The Balaban J connectivity index is 0.989. The number of para-hydroxylation sites is 1. The lowest BCUT2D eigenvalue weighted by Gasteiger charge is -2.29. The summed E-state index contributed by atoms with van der Waals surface area (Å²) in [5, 5.41) is 14.1. The van der Waals surface area contributed by atoms with Crippen LogP contribution in [0.5, 0.6) is 17.2 Å². The van der Waals surface area contributed by atoms with Gasteiger partial charge in [-0.05, 0) is 96.1 Å². The molecule has 7 heteroatoms. The van der Waals surface area contributed by atoms with E-state index in [4.69, 9.17) is 14.2 Å². The Morgan fingerprint density at radius 3 is 2.02 bits per heavy atom. The average molecular weight is 602 g/mol. The summed E-state index contributed by atoms with van der Waals surface area (Å²) in [7, 11) is 0. The van der Waals surface area contributed by atoms with Gasteiger partial charge in [-0.25, -0.2) is 4.79 Å². The van der Waals surface area contributed by atoms with Gasteiger partial charge in [0, 0.05) is 0 Å². The Morgan fingerprint density at radius 1 is 0.667 bits per heavy atom. The smallest absolute Gasteiger partial charge is 0.337 e. The van der Waals surface area contributed by atoms with Gasteiger partial charge in [-0.3, -0.25) is 4.79 Å². The maximum absolute atomic E-state index is 12.5. The Hall–Kier alpha value is -5.14. The van der Waals surface area contributed by atoms with E-state index in [2.05, 4.69) is 29.6 Å². The van der Waals surface area contributed by atoms with Crippen LogP contribution in [0.15, 0.2) is 115 Å². The zero-order valence-electron chi connectivity index (χ0n) is 24.9. The number of hydrogen-bond donors (Lipinski definition) is 2. The minimum absolute atomic E-state index is 0.0527. The molecule has 1 aliphatic carbocycles. The highest BCUT2D eigenvalue weighted by molar-refractivity contribution is 6.01. The Labute approximate surface area is 262 Å². The number of carbonyl (C=O) groups excluding carboxylic acids is 1. The van der Waals surface area contributed by atoms with Crippen LogP contribution < -0.4 is 14.8 Å². The molecular weight excluding hydrogens is 566 g/mol. The Bertz CT molecular complexity index is 1760. The van der Waals surface area contributed by atoms with Crippen LogP contribution in [0.1, 0.15) is 47.2 Å². The predicted molar refractivity (Wildman–Crippen MR) is 174 cm³/mol. The standard InChI is InChI=1S/C38H35NO6/c40-37(39-36-9-5-4-8-35(36)38(41)42)22-26-10-14-31(15-11-26)44-33-16-12-29-24-34(17-13-28(29)23-33)45-32-20-18-30(19-21-32)43-25-27-6-2-1-3-7-27/h1-17,23-24,30,32H,18-22,25H2,(H,39,40)(H,41,42). The minimum Gasteiger partial charge on any atom is -0.490 e. The molecule has 7 nitrogen and oxygen atoms in total. The molecule has 0 aliphatic heterocycles. The molecule has 2 N–H and O–H groups in total. The van der Waals surface area contributed by atoms with E-state index >= 15 is 0 Å². The van der Waals surface area contributed by atoms with Crippen LogP contribution >= 0.6 is 0 Å². The molecule has 45 heavy (non-hydrogen) atoms. The van der Waals surface area contributed by atoms with E-state index in [0.29, 0.717) is 18.1 Å². The van der Waals surface area contributed by atoms with Crippen molar-refractivity contribution in [2.45, 2.75) is 50.9 Å². The van der Waals surface area contributed by atoms with Gasteiger partial charge in [0.1, 0.15) is 17.2 Å². The third kappa shape index (κ3) is 8.08. The lowest BCUT2D eigenvalue weighted by atomic mass is 9.95. The highest BCUT2D eigenvalue weighted by Gasteiger charge is 2.23. The lowest BCUT2D eigenvalue weighted by Crippen LogP contribution is -2.28. The van der Waals surface area contributed by atoms with E-state index in [-0.39, 0.29) is 35.8 Å². The van der Waals surface area contributed by atoms with Gasteiger partial charge in [0.05, 0.1) is 36.5 Å². The third-order valence-corrected chi connectivity index (χ3v) is 7.99. The second-order valence-electron chi connectivity index (χ2n) is 11.3. The Morgan fingerprint density at radius 2 is 1.29 bits per heavy atom. The summed E-state index contributed by atoms with van der Waals surface area (Å²) in [6.45, 7) is 0.658. The fourth-order valence-corrected chi connectivity index (χ4v) is 5.61. The van der Waals surface area contributed by atoms with Crippen LogP contribution in [0, 0.1) is 0 Å². The van der Waals surface area contributed by atoms with Crippen molar-refractivity contribution in [3.05, 3.63) is 132 Å². The molecule has 0 spiro atoms. The first-order valence-electron chi connectivity index (χ1n) is 15.2. The maximum Gasteiger partial charge on any atom is 0.337 e. The third-order valence-electron chi connectivity index (χ3n) is 7.99. The van der Waals surface area contributed by atoms with E-state index in [1.807, 2.05) is 66.7 Å². The van der Waals surface area contributed by atoms with E-state index in [0.717, 1.165) is 47.8 Å². The van der Waals surface area contributed by atoms with E-state index in [9.17, 15) is 14.7 Å². The minimum atomic E-state index is -1.09. The van der Waals surface area contributed by atoms with Crippen molar-refractivity contribution in [1.29, 1.82) is 0 Å². The van der Waals surface area contributed by atoms with Crippen LogP contribution in [-0.2, 0) is 22.6 Å². The molecule has 1 saturated carbocycles. The molecule has 0 saturated heterocycles. The molecular formula is C38H35NO6. The summed E-state index contributed by atoms with van der Waals surface area (Å²) >= 11 is 0. The number of anilines is 1. The summed E-state index contributed by atoms with van der Waals surface area (Å²) in [6, 6.07) is 36.0. The number of aromatic carboxylic acids is 1. The lowest BCUT2D eigenvalue weighted by molar-refractivity contribution is -0.115. The predicted octanol–water partition coefficient (Wildman–Crippen LogP) is 8.42. The van der Waals surface area contributed by atoms with E-state index < -0.39 is 5.97 Å². The number of carboxylic acid groups (broad SMARTS) is 1. The second-order valence-corrected chi connectivity index (χ2v) is 11.3. The van der Waals surface area contributed by atoms with Crippen molar-refractivity contribution < 1.29 is 28.9 Å². The zero-order chi connectivity index (χ0) is 31.0. The van der Waals surface area contributed by atoms with Crippen LogP contribution in [0.2, 0.25) is 0 Å². The summed E-state index contributed by atoms with van der Waals surface area (Å²) in [6.07, 6.45) is 4.54. The number of fused-ring (bicyclic) bond motifs is 1. The topological polar surface area (TPSA) is 94.1 Å². The Kier molecular flexibility index (Phi) is 9.37. The van der Waals surface area contributed by atoms with Gasteiger partial charge < -0.3 is 24.6 Å².